The Bertz CT molecular complexity index is 8300. The summed E-state index contributed by atoms with van der Waals surface area (Å²) in [6.45, 7) is 17.6. The van der Waals surface area contributed by atoms with Gasteiger partial charge in [0.15, 0.2) is 0 Å². The minimum atomic E-state index is 1.14. The molecule has 0 saturated heterocycles. The van der Waals surface area contributed by atoms with E-state index in [1.807, 2.05) is 0 Å². The van der Waals surface area contributed by atoms with Crippen molar-refractivity contribution in [2.24, 2.45) is 0 Å². The Morgan fingerprint density at radius 3 is 0.653 bits per heavy atom. The molecule has 0 aliphatic carbocycles. The smallest absolute Gasteiger partial charge is 0.0641 e. The van der Waals surface area contributed by atoms with Crippen molar-refractivity contribution in [1.82, 2.24) is 17.6 Å². The van der Waals surface area contributed by atoms with E-state index in [0.717, 1.165) is 34.1 Å². The van der Waals surface area contributed by atoms with Crippen molar-refractivity contribution in [2.45, 2.75) is 55.4 Å². The third kappa shape index (κ3) is 10.3. The van der Waals surface area contributed by atoms with Crippen LogP contribution in [0.1, 0.15) is 44.5 Å². The number of anilines is 12. The molecular formula is C116H84N8. The van der Waals surface area contributed by atoms with E-state index in [2.05, 4.69) is 457 Å². The Hall–Kier alpha value is -15.6. The molecule has 26 aromatic rings. The lowest BCUT2D eigenvalue weighted by atomic mass is 10.0. The number of para-hydroxylation sites is 8. The highest BCUT2D eigenvalue weighted by Gasteiger charge is 2.32. The van der Waals surface area contributed by atoms with Gasteiger partial charge in [0.05, 0.1) is 88.9 Å². The summed E-state index contributed by atoms with van der Waals surface area (Å²) in [5.41, 5.74) is 38.9. The molecule has 0 aliphatic heterocycles. The van der Waals surface area contributed by atoms with Crippen molar-refractivity contribution in [3.05, 3.63) is 408 Å². The Morgan fingerprint density at radius 2 is 0.387 bits per heavy atom. The van der Waals surface area contributed by atoms with E-state index in [1.165, 1.54) is 231 Å². The molecule has 0 fully saturated rings. The molecule has 8 heterocycles. The minimum absolute atomic E-state index is 1.14. The topological polar surface area (TPSA) is 30.6 Å². The zero-order chi connectivity index (χ0) is 82.8. The SMILES string of the molecule is Cc1cc(C)cc(N(c2ccccc2)c2ccc3c4cc5c(cc4n4c6ccccc6c2c34)c2ccc(N(c3ccccc3)c3cc(C)cc(C)c3)c3c4ccccc4n5c23)c1.Cc1ccc(N(c2ccccc2)c2ccc3c4cc5c(cc4n4c6ccccc6c2c34)c2ccc(N(c3ccccc3)c3ccc(C)cc3C)c3c4ccccc4n5c23)c(C)c1. The van der Waals surface area contributed by atoms with E-state index in [9.17, 15) is 0 Å². The summed E-state index contributed by atoms with van der Waals surface area (Å²) in [5.74, 6) is 0. The van der Waals surface area contributed by atoms with Crippen molar-refractivity contribution in [3.63, 3.8) is 0 Å². The predicted octanol–water partition coefficient (Wildman–Crippen LogP) is 32.3. The Labute approximate surface area is 716 Å². The Balaban J connectivity index is 0.000000136. The molecular weight excluding hydrogens is 1510 g/mol. The summed E-state index contributed by atoms with van der Waals surface area (Å²) in [7, 11) is 0. The van der Waals surface area contributed by atoms with Crippen LogP contribution in [0.4, 0.5) is 68.2 Å². The first-order valence-electron chi connectivity index (χ1n) is 43.2. The average molecular weight is 1590 g/mol. The van der Waals surface area contributed by atoms with Crippen LogP contribution in [-0.2, 0) is 0 Å². The van der Waals surface area contributed by atoms with E-state index >= 15 is 0 Å². The van der Waals surface area contributed by atoms with Gasteiger partial charge in [0, 0.05) is 132 Å². The second-order valence-electron chi connectivity index (χ2n) is 34.6. The van der Waals surface area contributed by atoms with Gasteiger partial charge in [0.1, 0.15) is 0 Å². The van der Waals surface area contributed by atoms with Crippen LogP contribution in [0, 0.1) is 55.4 Å². The number of hydrogen-bond donors (Lipinski definition) is 0. The van der Waals surface area contributed by atoms with E-state index in [0.29, 0.717) is 0 Å². The van der Waals surface area contributed by atoms with Gasteiger partial charge in [-0.2, -0.15) is 0 Å². The highest BCUT2D eigenvalue weighted by atomic mass is 15.2. The van der Waals surface area contributed by atoms with E-state index < -0.39 is 0 Å². The fraction of sp³-hybridized carbons (Fsp3) is 0.0690. The molecule has 8 aromatic heterocycles. The van der Waals surface area contributed by atoms with Crippen molar-refractivity contribution in [2.75, 3.05) is 19.6 Å². The normalized spacial score (nSPS) is 12.2. The number of hydrogen-bond acceptors (Lipinski definition) is 4. The van der Waals surface area contributed by atoms with Gasteiger partial charge in [-0.3, -0.25) is 0 Å². The van der Waals surface area contributed by atoms with Crippen LogP contribution < -0.4 is 19.6 Å². The molecule has 0 amide bonds. The van der Waals surface area contributed by atoms with Crippen LogP contribution >= 0.6 is 0 Å². The van der Waals surface area contributed by atoms with Crippen LogP contribution in [0.2, 0.25) is 0 Å². The van der Waals surface area contributed by atoms with Gasteiger partial charge in [-0.1, -0.05) is 217 Å². The molecule has 0 N–H and O–H groups in total. The van der Waals surface area contributed by atoms with E-state index in [4.69, 9.17) is 0 Å². The molecule has 8 nitrogen and oxygen atoms in total. The summed E-state index contributed by atoms with van der Waals surface area (Å²) in [4.78, 5) is 9.82. The monoisotopic (exact) mass is 1590 g/mol. The number of aryl methyl sites for hydroxylation is 8. The molecule has 0 radical (unpaired) electrons. The summed E-state index contributed by atoms with van der Waals surface area (Å²) in [5, 5.41) is 20.2. The number of fused-ring (bicyclic) bond motifs is 24. The van der Waals surface area contributed by atoms with Gasteiger partial charge in [-0.25, -0.2) is 0 Å². The third-order valence-electron chi connectivity index (χ3n) is 26.7. The highest BCUT2D eigenvalue weighted by molar-refractivity contribution is 6.35. The molecule has 124 heavy (non-hydrogen) atoms. The van der Waals surface area contributed by atoms with Crippen LogP contribution in [0.5, 0.6) is 0 Å². The number of rotatable bonds is 12. The van der Waals surface area contributed by atoms with Crippen molar-refractivity contribution >= 4 is 221 Å². The Morgan fingerprint density at radius 1 is 0.153 bits per heavy atom. The fourth-order valence-electron chi connectivity index (χ4n) is 21.9. The maximum absolute atomic E-state index is 2.54. The lowest BCUT2D eigenvalue weighted by Gasteiger charge is -2.28. The molecule has 26 rings (SSSR count). The van der Waals surface area contributed by atoms with Crippen molar-refractivity contribution in [1.29, 1.82) is 0 Å². The zero-order valence-corrected chi connectivity index (χ0v) is 70.2. The number of benzene rings is 18. The molecule has 8 heteroatoms. The minimum Gasteiger partial charge on any atom is -0.310 e. The molecule has 0 unspecified atom stereocenters. The van der Waals surface area contributed by atoms with Crippen molar-refractivity contribution in [3.8, 4) is 0 Å². The first-order valence-corrected chi connectivity index (χ1v) is 43.2. The first-order chi connectivity index (χ1) is 60.8. The summed E-state index contributed by atoms with van der Waals surface area (Å²) in [6, 6.07) is 135. The van der Waals surface area contributed by atoms with Gasteiger partial charge in [0.2, 0.25) is 0 Å². The van der Waals surface area contributed by atoms with E-state index in [1.54, 1.807) is 0 Å². The molecule has 0 bridgehead atoms. The molecule has 588 valence electrons. The quantitative estimate of drug-likeness (QED) is 0.122. The second kappa shape index (κ2) is 26.9. The third-order valence-corrected chi connectivity index (χ3v) is 26.7. The van der Waals surface area contributed by atoms with Gasteiger partial charge >= 0.3 is 0 Å². The lowest BCUT2D eigenvalue weighted by molar-refractivity contribution is 1.25. The summed E-state index contributed by atoms with van der Waals surface area (Å²) < 4.78 is 10.2. The number of aromatic nitrogens is 4. The van der Waals surface area contributed by atoms with Crippen LogP contribution in [0.3, 0.4) is 0 Å². The maximum atomic E-state index is 2.54. The van der Waals surface area contributed by atoms with Gasteiger partial charge < -0.3 is 37.2 Å². The zero-order valence-electron chi connectivity index (χ0n) is 70.2. The van der Waals surface area contributed by atoms with Gasteiger partial charge in [-0.15, -0.1) is 0 Å². The van der Waals surface area contributed by atoms with Crippen LogP contribution in [0.15, 0.2) is 364 Å². The lowest BCUT2D eigenvalue weighted by Crippen LogP contribution is -2.11. The summed E-state index contributed by atoms with van der Waals surface area (Å²) >= 11 is 0. The largest absolute Gasteiger partial charge is 0.310 e. The van der Waals surface area contributed by atoms with E-state index in [-0.39, 0.29) is 0 Å². The second-order valence-corrected chi connectivity index (χ2v) is 34.6. The van der Waals surface area contributed by atoms with Crippen LogP contribution in [-0.4, -0.2) is 17.6 Å². The molecule has 0 spiro atoms. The summed E-state index contributed by atoms with van der Waals surface area (Å²) in [6.07, 6.45) is 0. The average Bonchev–Trinajstić information content (AvgIpc) is 1.51. The molecule has 0 aliphatic rings. The number of nitrogens with zero attached hydrogens (tertiary/aromatic N) is 8. The van der Waals surface area contributed by atoms with Crippen LogP contribution in [0.25, 0.3) is 152 Å². The van der Waals surface area contributed by atoms with Gasteiger partial charge in [-0.05, 0) is 246 Å². The molecule has 0 saturated carbocycles. The molecule has 0 atom stereocenters. The Kier molecular flexibility index (Phi) is 15.5. The predicted molar refractivity (Wildman–Crippen MR) is 528 cm³/mol. The fourth-order valence-corrected chi connectivity index (χ4v) is 21.9. The first kappa shape index (κ1) is 71.3. The van der Waals surface area contributed by atoms with Gasteiger partial charge in [0.25, 0.3) is 0 Å². The standard InChI is InChI=1S/2C58H42N4/c1-35-23-27-47(37(3)31-35)59(39-15-7-5-8-16-39)51-29-25-41-45-33-54-46(34-53(45)61-49-21-13-11-19-43(49)55(51)57(41)61)42-26-30-52(56-44-20-12-14-22-50(44)62(54)58(42)56)60(40-17-9-6-10-18-40)48-28-24-36(2)32-38(48)4;1-35-27-36(2)30-41(29-35)59(39-15-7-5-8-16-39)51-25-23-43-47-33-54-48(34-53(47)61-49-21-13-11-19-45(49)55(51)57(43)61)44-24-26-52(56-46-20-12-14-22-50(46)62(54)58(44)56)60(40-17-9-6-10-18-40)42-31-37(3)28-38(4)32-42/h2*5-34H,1-4H3. The highest BCUT2D eigenvalue weighted by Crippen LogP contribution is 2.56. The maximum Gasteiger partial charge on any atom is 0.0641 e. The van der Waals surface area contributed by atoms with Crippen molar-refractivity contribution < 1.29 is 0 Å². The molecule has 18 aromatic carbocycles.